The minimum Gasteiger partial charge on any atom is -0.482 e. The molecule has 0 aromatic heterocycles. The molecule has 0 heterocycles. The average Bonchev–Trinajstić information content (AvgIpc) is 2.57. The lowest BCUT2D eigenvalue weighted by Crippen LogP contribution is -2.20. The van der Waals surface area contributed by atoms with Gasteiger partial charge in [-0.2, -0.15) is 0 Å². The first-order valence-corrected chi connectivity index (χ1v) is 8.33. The van der Waals surface area contributed by atoms with E-state index in [1.165, 1.54) is 5.56 Å². The molecule has 0 spiro atoms. The number of nitrogen functional groups attached to an aromatic ring is 1. The molecule has 5 nitrogen and oxygen atoms in total. The molecular weight excluding hydrogens is 316 g/mol. The molecule has 2 aromatic carbocycles. The van der Waals surface area contributed by atoms with E-state index in [4.69, 9.17) is 10.5 Å². The second kappa shape index (κ2) is 8.33. The number of amides is 1. The van der Waals surface area contributed by atoms with Crippen LogP contribution in [-0.2, 0) is 4.79 Å². The van der Waals surface area contributed by atoms with Gasteiger partial charge in [-0.15, -0.1) is 0 Å². The lowest BCUT2D eigenvalue weighted by Gasteiger charge is -2.11. The Morgan fingerprint density at radius 1 is 1.08 bits per heavy atom. The molecular formula is C20H24N2O3. The number of rotatable bonds is 7. The summed E-state index contributed by atoms with van der Waals surface area (Å²) in [6.07, 6.45) is 1.27. The van der Waals surface area contributed by atoms with Crippen molar-refractivity contribution >= 4 is 23.1 Å². The molecule has 2 aromatic rings. The quantitative estimate of drug-likeness (QED) is 0.592. The van der Waals surface area contributed by atoms with Crippen molar-refractivity contribution < 1.29 is 14.3 Å². The van der Waals surface area contributed by atoms with Crippen molar-refractivity contribution in [1.29, 1.82) is 0 Å². The Morgan fingerprint density at radius 3 is 2.48 bits per heavy atom. The van der Waals surface area contributed by atoms with Crippen LogP contribution in [0.1, 0.15) is 41.3 Å². The number of hydrogen-bond acceptors (Lipinski definition) is 4. The minimum absolute atomic E-state index is 0.0493. The number of carbonyl (C=O) groups excluding carboxylic acids is 2. The molecule has 3 N–H and O–H groups in total. The number of hydrogen-bond donors (Lipinski definition) is 2. The van der Waals surface area contributed by atoms with Crippen LogP contribution in [0.15, 0.2) is 36.4 Å². The van der Waals surface area contributed by atoms with E-state index in [1.54, 1.807) is 18.2 Å². The van der Waals surface area contributed by atoms with Crippen molar-refractivity contribution in [2.75, 3.05) is 17.7 Å². The highest BCUT2D eigenvalue weighted by Crippen LogP contribution is 2.23. The zero-order valence-corrected chi connectivity index (χ0v) is 14.9. The maximum Gasteiger partial charge on any atom is 0.262 e. The van der Waals surface area contributed by atoms with E-state index in [0.29, 0.717) is 23.4 Å². The Labute approximate surface area is 148 Å². The Morgan fingerprint density at radius 2 is 1.84 bits per heavy atom. The van der Waals surface area contributed by atoms with Crippen LogP contribution in [0.5, 0.6) is 5.75 Å². The van der Waals surface area contributed by atoms with Crippen LogP contribution < -0.4 is 15.8 Å². The van der Waals surface area contributed by atoms with Gasteiger partial charge in [0.2, 0.25) is 0 Å². The fourth-order valence-corrected chi connectivity index (χ4v) is 2.38. The van der Waals surface area contributed by atoms with Gasteiger partial charge in [0, 0.05) is 17.7 Å². The molecule has 2 rings (SSSR count). The number of aryl methyl sites for hydroxylation is 2. The molecule has 0 aliphatic heterocycles. The van der Waals surface area contributed by atoms with E-state index in [-0.39, 0.29) is 18.3 Å². The fourth-order valence-electron chi connectivity index (χ4n) is 2.38. The van der Waals surface area contributed by atoms with Gasteiger partial charge >= 0.3 is 0 Å². The summed E-state index contributed by atoms with van der Waals surface area (Å²) in [5, 5.41) is 2.79. The second-order valence-electron chi connectivity index (χ2n) is 6.06. The molecule has 0 aliphatic rings. The van der Waals surface area contributed by atoms with Crippen molar-refractivity contribution in [1.82, 2.24) is 0 Å². The first-order chi connectivity index (χ1) is 11.9. The van der Waals surface area contributed by atoms with Gasteiger partial charge in [-0.25, -0.2) is 0 Å². The molecule has 0 bridgehead atoms. The van der Waals surface area contributed by atoms with Crippen LogP contribution in [0.4, 0.5) is 11.4 Å². The summed E-state index contributed by atoms with van der Waals surface area (Å²) < 4.78 is 5.47. The number of ketones is 1. The van der Waals surface area contributed by atoms with E-state index in [9.17, 15) is 9.59 Å². The summed E-state index contributed by atoms with van der Waals surface area (Å²) in [7, 11) is 0. The predicted octanol–water partition coefficient (Wildman–Crippen LogP) is 3.89. The monoisotopic (exact) mass is 340 g/mol. The number of Topliss-reactive ketones (excluding diaryl/α,β-unsaturated/α-hetero) is 1. The molecule has 0 aliphatic carbocycles. The van der Waals surface area contributed by atoms with E-state index in [0.717, 1.165) is 17.7 Å². The largest absolute Gasteiger partial charge is 0.482 e. The molecule has 0 unspecified atom stereocenters. The number of nitrogens with two attached hydrogens (primary N) is 1. The van der Waals surface area contributed by atoms with Crippen LogP contribution in [0.2, 0.25) is 0 Å². The zero-order valence-electron chi connectivity index (χ0n) is 14.9. The molecule has 5 heteroatoms. The van der Waals surface area contributed by atoms with Crippen LogP contribution >= 0.6 is 0 Å². The second-order valence-corrected chi connectivity index (χ2v) is 6.06. The summed E-state index contributed by atoms with van der Waals surface area (Å²) in [5.74, 6) is 0.172. The summed E-state index contributed by atoms with van der Waals surface area (Å²) in [6.45, 7) is 5.80. The highest BCUT2D eigenvalue weighted by molar-refractivity contribution is 5.97. The van der Waals surface area contributed by atoms with Gasteiger partial charge in [-0.1, -0.05) is 13.0 Å². The Hall–Kier alpha value is -2.82. The fraction of sp³-hybridized carbons (Fsp3) is 0.300. The Bertz CT molecular complexity index is 785. The predicted molar refractivity (Wildman–Crippen MR) is 100 cm³/mol. The summed E-state index contributed by atoms with van der Waals surface area (Å²) >= 11 is 0. The maximum absolute atomic E-state index is 12.0. The van der Waals surface area contributed by atoms with Gasteiger partial charge in [0.1, 0.15) is 5.75 Å². The lowest BCUT2D eigenvalue weighted by molar-refractivity contribution is -0.118. The van der Waals surface area contributed by atoms with E-state index in [2.05, 4.69) is 5.32 Å². The minimum atomic E-state index is -0.270. The van der Waals surface area contributed by atoms with E-state index >= 15 is 0 Å². The average molecular weight is 340 g/mol. The van der Waals surface area contributed by atoms with E-state index < -0.39 is 0 Å². The first-order valence-electron chi connectivity index (χ1n) is 8.33. The number of anilines is 2. The third-order valence-corrected chi connectivity index (χ3v) is 3.96. The number of nitrogens with one attached hydrogen (secondary N) is 1. The first kappa shape index (κ1) is 18.5. The summed E-state index contributed by atoms with van der Waals surface area (Å²) in [4.78, 5) is 23.9. The van der Waals surface area contributed by atoms with E-state index in [1.807, 2.05) is 39.0 Å². The summed E-state index contributed by atoms with van der Waals surface area (Å²) in [6, 6.07) is 10.6. The molecule has 0 saturated carbocycles. The van der Waals surface area contributed by atoms with Gasteiger partial charge in [0.15, 0.2) is 12.4 Å². The maximum atomic E-state index is 12.0. The van der Waals surface area contributed by atoms with Crippen LogP contribution in [0, 0.1) is 13.8 Å². The Kier molecular flexibility index (Phi) is 6.17. The standard InChI is InChI=1S/C20H24N2O3/c1-4-5-18(23)15-7-9-19(17(21)11-15)25-12-20(24)22-16-8-6-13(2)14(3)10-16/h6-11H,4-5,12,21H2,1-3H3,(H,22,24). The van der Waals surface area contributed by atoms with Crippen molar-refractivity contribution in [2.24, 2.45) is 0 Å². The van der Waals surface area contributed by atoms with Crippen molar-refractivity contribution in [2.45, 2.75) is 33.6 Å². The van der Waals surface area contributed by atoms with Gasteiger partial charge < -0.3 is 15.8 Å². The molecule has 1 amide bonds. The van der Waals surface area contributed by atoms with Gasteiger partial charge in [0.05, 0.1) is 5.69 Å². The smallest absolute Gasteiger partial charge is 0.262 e. The normalized spacial score (nSPS) is 10.4. The molecule has 0 radical (unpaired) electrons. The molecule has 132 valence electrons. The Balaban J connectivity index is 1.95. The van der Waals surface area contributed by atoms with Crippen molar-refractivity contribution in [3.05, 3.63) is 53.1 Å². The zero-order chi connectivity index (χ0) is 18.4. The molecule has 0 saturated heterocycles. The number of ether oxygens (including phenoxy) is 1. The molecule has 25 heavy (non-hydrogen) atoms. The van der Waals surface area contributed by atoms with Crippen LogP contribution in [0.3, 0.4) is 0 Å². The SMILES string of the molecule is CCCC(=O)c1ccc(OCC(=O)Nc2ccc(C)c(C)c2)c(N)c1. The third kappa shape index (κ3) is 5.08. The molecule has 0 atom stereocenters. The van der Waals surface area contributed by atoms with Gasteiger partial charge in [0.25, 0.3) is 5.91 Å². The van der Waals surface area contributed by atoms with Gasteiger partial charge in [-0.3, -0.25) is 9.59 Å². The van der Waals surface area contributed by atoms with Crippen LogP contribution in [-0.4, -0.2) is 18.3 Å². The highest BCUT2D eigenvalue weighted by atomic mass is 16.5. The van der Waals surface area contributed by atoms with Gasteiger partial charge in [-0.05, 0) is 61.7 Å². The van der Waals surface area contributed by atoms with Crippen LogP contribution in [0.25, 0.3) is 0 Å². The molecule has 0 fully saturated rings. The van der Waals surface area contributed by atoms with Crippen molar-refractivity contribution in [3.63, 3.8) is 0 Å². The van der Waals surface area contributed by atoms with Crippen molar-refractivity contribution in [3.8, 4) is 5.75 Å². The summed E-state index contributed by atoms with van der Waals surface area (Å²) in [5.41, 5.74) is 9.83. The number of benzene rings is 2. The third-order valence-electron chi connectivity index (χ3n) is 3.96. The topological polar surface area (TPSA) is 81.4 Å². The highest BCUT2D eigenvalue weighted by Gasteiger charge is 2.10. The lowest BCUT2D eigenvalue weighted by atomic mass is 10.1. The number of carbonyl (C=O) groups is 2.